The number of amides is 2. The van der Waals surface area contributed by atoms with Gasteiger partial charge in [-0.15, -0.1) is 0 Å². The average Bonchev–Trinajstić information content (AvgIpc) is 2.37. The third-order valence-electron chi connectivity index (χ3n) is 2.73. The Labute approximate surface area is 113 Å². The van der Waals surface area contributed by atoms with Crippen LogP contribution in [0.4, 0.5) is 10.5 Å². The van der Waals surface area contributed by atoms with Gasteiger partial charge in [0.2, 0.25) is 0 Å². The molecule has 0 fully saturated rings. The molecule has 0 aliphatic carbocycles. The van der Waals surface area contributed by atoms with Crippen LogP contribution in [0.25, 0.3) is 0 Å². The van der Waals surface area contributed by atoms with E-state index in [0.29, 0.717) is 17.3 Å². The standard InChI is InChI=1S/C13H20ClN3O/c1-3-17(4-2)10-9-15-13(18)16-12-8-6-5-7-11(12)14/h5-8H,3-4,9-10H2,1-2H3,(H2,15,16,18). The van der Waals surface area contributed by atoms with Gasteiger partial charge in [0.15, 0.2) is 0 Å². The van der Waals surface area contributed by atoms with Crippen LogP contribution in [0, 0.1) is 0 Å². The van der Waals surface area contributed by atoms with Crippen molar-refractivity contribution in [2.45, 2.75) is 13.8 Å². The monoisotopic (exact) mass is 269 g/mol. The number of urea groups is 1. The molecule has 0 bridgehead atoms. The molecule has 4 nitrogen and oxygen atoms in total. The molecule has 0 aliphatic heterocycles. The maximum Gasteiger partial charge on any atom is 0.319 e. The van der Waals surface area contributed by atoms with Gasteiger partial charge < -0.3 is 15.5 Å². The smallest absolute Gasteiger partial charge is 0.319 e. The van der Waals surface area contributed by atoms with E-state index in [1.54, 1.807) is 12.1 Å². The van der Waals surface area contributed by atoms with Gasteiger partial charge in [0.1, 0.15) is 0 Å². The van der Waals surface area contributed by atoms with Gasteiger partial charge in [0.05, 0.1) is 10.7 Å². The fourth-order valence-electron chi connectivity index (χ4n) is 1.60. The van der Waals surface area contributed by atoms with Gasteiger partial charge in [-0.1, -0.05) is 37.6 Å². The van der Waals surface area contributed by atoms with Gasteiger partial charge in [0.25, 0.3) is 0 Å². The molecule has 5 heteroatoms. The van der Waals surface area contributed by atoms with Crippen molar-refractivity contribution in [3.05, 3.63) is 29.3 Å². The average molecular weight is 270 g/mol. The first-order valence-electron chi connectivity index (χ1n) is 6.19. The highest BCUT2D eigenvalue weighted by atomic mass is 35.5. The lowest BCUT2D eigenvalue weighted by Crippen LogP contribution is -2.36. The molecule has 18 heavy (non-hydrogen) atoms. The first-order chi connectivity index (χ1) is 8.67. The Hall–Kier alpha value is -1.26. The predicted octanol–water partition coefficient (Wildman–Crippen LogP) is 2.80. The van der Waals surface area contributed by atoms with Crippen LogP contribution in [0.2, 0.25) is 5.02 Å². The minimum Gasteiger partial charge on any atom is -0.337 e. The zero-order valence-corrected chi connectivity index (χ0v) is 11.6. The zero-order chi connectivity index (χ0) is 13.4. The van der Waals surface area contributed by atoms with Gasteiger partial charge in [-0.05, 0) is 25.2 Å². The number of nitrogens with zero attached hydrogens (tertiary/aromatic N) is 1. The van der Waals surface area contributed by atoms with E-state index >= 15 is 0 Å². The zero-order valence-electron chi connectivity index (χ0n) is 10.9. The highest BCUT2D eigenvalue weighted by molar-refractivity contribution is 6.33. The second-order valence-electron chi connectivity index (χ2n) is 3.89. The van der Waals surface area contributed by atoms with Crippen molar-refractivity contribution in [3.63, 3.8) is 0 Å². The van der Waals surface area contributed by atoms with E-state index in [-0.39, 0.29) is 6.03 Å². The van der Waals surface area contributed by atoms with Gasteiger partial charge in [-0.25, -0.2) is 4.79 Å². The molecular formula is C13H20ClN3O. The lowest BCUT2D eigenvalue weighted by atomic mass is 10.3. The molecule has 0 aliphatic rings. The maximum absolute atomic E-state index is 11.6. The molecular weight excluding hydrogens is 250 g/mol. The van der Waals surface area contributed by atoms with Crippen molar-refractivity contribution in [1.82, 2.24) is 10.2 Å². The molecule has 0 radical (unpaired) electrons. The summed E-state index contributed by atoms with van der Waals surface area (Å²) in [7, 11) is 0. The van der Waals surface area contributed by atoms with Crippen LogP contribution in [-0.2, 0) is 0 Å². The number of likely N-dealkylation sites (N-methyl/N-ethyl adjacent to an activating group) is 1. The lowest BCUT2D eigenvalue weighted by molar-refractivity contribution is 0.248. The molecule has 0 spiro atoms. The number of nitrogens with one attached hydrogen (secondary N) is 2. The van der Waals surface area contributed by atoms with Crippen LogP contribution in [-0.4, -0.2) is 37.1 Å². The Morgan fingerprint density at radius 2 is 1.94 bits per heavy atom. The summed E-state index contributed by atoms with van der Waals surface area (Å²) < 4.78 is 0. The van der Waals surface area contributed by atoms with E-state index in [0.717, 1.165) is 19.6 Å². The van der Waals surface area contributed by atoms with Crippen molar-refractivity contribution in [1.29, 1.82) is 0 Å². The fraction of sp³-hybridized carbons (Fsp3) is 0.462. The van der Waals surface area contributed by atoms with Crippen molar-refractivity contribution >= 4 is 23.3 Å². The Bertz CT molecular complexity index is 380. The van der Waals surface area contributed by atoms with E-state index in [1.807, 2.05) is 12.1 Å². The SMILES string of the molecule is CCN(CC)CCNC(=O)Nc1ccccc1Cl. The number of halogens is 1. The first-order valence-corrected chi connectivity index (χ1v) is 6.56. The molecule has 1 rings (SSSR count). The van der Waals surface area contributed by atoms with E-state index in [1.165, 1.54) is 0 Å². The van der Waals surface area contributed by atoms with Crippen molar-refractivity contribution in [2.75, 3.05) is 31.5 Å². The second-order valence-corrected chi connectivity index (χ2v) is 4.29. The molecule has 2 amide bonds. The van der Waals surface area contributed by atoms with E-state index in [2.05, 4.69) is 29.4 Å². The molecule has 1 aromatic carbocycles. The van der Waals surface area contributed by atoms with Crippen LogP contribution >= 0.6 is 11.6 Å². The molecule has 0 atom stereocenters. The highest BCUT2D eigenvalue weighted by Gasteiger charge is 2.05. The predicted molar refractivity (Wildman–Crippen MR) is 76.3 cm³/mol. The Balaban J connectivity index is 2.32. The number of hydrogen-bond acceptors (Lipinski definition) is 2. The van der Waals surface area contributed by atoms with E-state index in [4.69, 9.17) is 11.6 Å². The van der Waals surface area contributed by atoms with Crippen molar-refractivity contribution in [3.8, 4) is 0 Å². The third-order valence-corrected chi connectivity index (χ3v) is 3.06. The fourth-order valence-corrected chi connectivity index (χ4v) is 1.78. The normalized spacial score (nSPS) is 10.4. The molecule has 0 aromatic heterocycles. The van der Waals surface area contributed by atoms with Crippen molar-refractivity contribution in [2.24, 2.45) is 0 Å². The summed E-state index contributed by atoms with van der Waals surface area (Å²) in [5.41, 5.74) is 0.625. The number of carbonyl (C=O) groups excluding carboxylic acids is 1. The van der Waals surface area contributed by atoms with Crippen LogP contribution in [0.3, 0.4) is 0 Å². The summed E-state index contributed by atoms with van der Waals surface area (Å²) in [5.74, 6) is 0. The van der Waals surface area contributed by atoms with Crippen molar-refractivity contribution < 1.29 is 4.79 Å². The Morgan fingerprint density at radius 1 is 1.28 bits per heavy atom. The molecule has 1 aromatic rings. The quantitative estimate of drug-likeness (QED) is 0.834. The molecule has 100 valence electrons. The van der Waals surface area contributed by atoms with Gasteiger partial charge in [0, 0.05) is 13.1 Å². The van der Waals surface area contributed by atoms with Crippen LogP contribution in [0.5, 0.6) is 0 Å². The Morgan fingerprint density at radius 3 is 2.56 bits per heavy atom. The Kier molecular flexibility index (Phi) is 6.54. The first kappa shape index (κ1) is 14.8. The van der Waals surface area contributed by atoms with E-state index < -0.39 is 0 Å². The summed E-state index contributed by atoms with van der Waals surface area (Å²) >= 11 is 5.95. The molecule has 0 heterocycles. The number of hydrogen-bond donors (Lipinski definition) is 2. The van der Waals surface area contributed by atoms with Gasteiger partial charge >= 0.3 is 6.03 Å². The van der Waals surface area contributed by atoms with Gasteiger partial charge in [-0.3, -0.25) is 0 Å². The van der Waals surface area contributed by atoms with Gasteiger partial charge in [-0.2, -0.15) is 0 Å². The van der Waals surface area contributed by atoms with E-state index in [9.17, 15) is 4.79 Å². The second kappa shape index (κ2) is 7.95. The van der Waals surface area contributed by atoms with Crippen LogP contribution in [0.1, 0.15) is 13.8 Å². The van der Waals surface area contributed by atoms with Crippen LogP contribution < -0.4 is 10.6 Å². The molecule has 0 saturated heterocycles. The number of rotatable bonds is 6. The summed E-state index contributed by atoms with van der Waals surface area (Å²) in [4.78, 5) is 13.9. The summed E-state index contributed by atoms with van der Waals surface area (Å²) in [6.45, 7) is 7.66. The minimum absolute atomic E-state index is 0.227. The topological polar surface area (TPSA) is 44.4 Å². The number of benzene rings is 1. The largest absolute Gasteiger partial charge is 0.337 e. The van der Waals surface area contributed by atoms with Crippen LogP contribution in [0.15, 0.2) is 24.3 Å². The minimum atomic E-state index is -0.227. The number of carbonyl (C=O) groups is 1. The summed E-state index contributed by atoms with van der Waals surface area (Å²) in [6, 6.07) is 6.94. The lowest BCUT2D eigenvalue weighted by Gasteiger charge is -2.18. The maximum atomic E-state index is 11.6. The summed E-state index contributed by atoms with van der Waals surface area (Å²) in [5, 5.41) is 6.06. The summed E-state index contributed by atoms with van der Waals surface area (Å²) in [6.07, 6.45) is 0. The number of para-hydroxylation sites is 1. The number of anilines is 1. The molecule has 2 N–H and O–H groups in total. The highest BCUT2D eigenvalue weighted by Crippen LogP contribution is 2.19. The molecule has 0 saturated carbocycles. The third kappa shape index (κ3) is 4.94. The molecule has 0 unspecified atom stereocenters.